The Morgan fingerprint density at radius 2 is 1.41 bits per heavy atom. The molecule has 0 bridgehead atoms. The number of pyridine rings is 1. The Morgan fingerprint density at radius 3 is 1.93 bits per heavy atom. The van der Waals surface area contributed by atoms with E-state index in [1.807, 2.05) is 0 Å². The number of esters is 5. The molecule has 0 amide bonds. The van der Waals surface area contributed by atoms with Crippen LogP contribution in [0.1, 0.15) is 86.0 Å². The molecule has 14 nitrogen and oxygen atoms in total. The summed E-state index contributed by atoms with van der Waals surface area (Å²) in [5.41, 5.74) is -6.58. The van der Waals surface area contributed by atoms with Gasteiger partial charge in [0.05, 0.1) is 11.5 Å². The van der Waals surface area contributed by atoms with E-state index in [1.54, 1.807) is 34.6 Å². The largest absolute Gasteiger partial charge is 0.462 e. The predicted molar refractivity (Wildman–Crippen MR) is 193 cm³/mol. The molecule has 2 aliphatic carbocycles. The smallest absolute Gasteiger partial charge is 0.340 e. The van der Waals surface area contributed by atoms with Crippen LogP contribution in [0.5, 0.6) is 0 Å². The Balaban J connectivity index is 2.54. The molecule has 2 N–H and O–H groups in total. The number of carbonyl (C=O) groups is 6. The van der Waals surface area contributed by atoms with Gasteiger partial charge in [0, 0.05) is 48.4 Å². The van der Waals surface area contributed by atoms with Crippen LogP contribution in [0.4, 0.5) is 0 Å². The first-order valence-electron chi connectivity index (χ1n) is 17.5. The molecule has 0 radical (unpaired) electrons. The number of rotatable bonds is 8. The summed E-state index contributed by atoms with van der Waals surface area (Å²) in [7, 11) is 0. The first-order valence-corrected chi connectivity index (χ1v) is 17.5. The van der Waals surface area contributed by atoms with Crippen molar-refractivity contribution in [3.05, 3.63) is 77.7 Å². The van der Waals surface area contributed by atoms with Gasteiger partial charge >= 0.3 is 29.8 Å². The second-order valence-corrected chi connectivity index (χ2v) is 14.6. The molecule has 3 rings (SSSR count). The van der Waals surface area contributed by atoms with Crippen molar-refractivity contribution in [3.63, 3.8) is 0 Å². The van der Waals surface area contributed by atoms with Crippen LogP contribution in [0.3, 0.4) is 0 Å². The minimum absolute atomic E-state index is 0.00411. The third-order valence-electron chi connectivity index (χ3n) is 9.89. The Labute approximate surface area is 315 Å². The van der Waals surface area contributed by atoms with Crippen LogP contribution in [-0.2, 0) is 47.7 Å². The fourth-order valence-corrected chi connectivity index (χ4v) is 6.73. The molecule has 0 aromatic carbocycles. The summed E-state index contributed by atoms with van der Waals surface area (Å²) in [5.74, 6) is -8.05. The molecule has 1 fully saturated rings. The molecule has 0 aliphatic heterocycles. The van der Waals surface area contributed by atoms with Gasteiger partial charge in [0.2, 0.25) is 0 Å². The van der Waals surface area contributed by atoms with Crippen molar-refractivity contribution in [1.82, 2.24) is 4.98 Å². The molecule has 0 spiro atoms. The summed E-state index contributed by atoms with van der Waals surface area (Å²) in [5, 5.41) is 24.2. The molecule has 2 aliphatic rings. The molecule has 294 valence electrons. The fourth-order valence-electron chi connectivity index (χ4n) is 6.73. The minimum atomic E-state index is -2.55. The molecule has 54 heavy (non-hydrogen) atoms. The first kappa shape index (κ1) is 43.5. The van der Waals surface area contributed by atoms with Crippen LogP contribution in [0.15, 0.2) is 72.1 Å². The van der Waals surface area contributed by atoms with E-state index in [1.165, 1.54) is 56.6 Å². The second kappa shape index (κ2) is 17.0. The number of hydrogen-bond acceptors (Lipinski definition) is 14. The van der Waals surface area contributed by atoms with E-state index < -0.39 is 94.6 Å². The lowest BCUT2D eigenvalue weighted by Crippen LogP contribution is -2.60. The fraction of sp³-hybridized carbons (Fsp3) is 0.525. The Hall–Kier alpha value is -4.95. The lowest BCUT2D eigenvalue weighted by molar-refractivity contribution is -0.184. The number of nitrogens with zero attached hydrogens (tertiary/aromatic N) is 1. The normalized spacial score (nSPS) is 31.6. The first-order chi connectivity index (χ1) is 25.0. The highest BCUT2D eigenvalue weighted by molar-refractivity contribution is 5.97. The van der Waals surface area contributed by atoms with Crippen molar-refractivity contribution in [2.24, 2.45) is 17.3 Å². The maximum Gasteiger partial charge on any atom is 0.340 e. The van der Waals surface area contributed by atoms with Gasteiger partial charge < -0.3 is 33.9 Å². The van der Waals surface area contributed by atoms with Crippen LogP contribution >= 0.6 is 0 Å². The molecule has 1 heterocycles. The quantitative estimate of drug-likeness (QED) is 0.166. The summed E-state index contributed by atoms with van der Waals surface area (Å²) in [4.78, 5) is 85.0. The summed E-state index contributed by atoms with van der Waals surface area (Å²) in [6, 6.07) is 2.93. The summed E-state index contributed by atoms with van der Waals surface area (Å²) in [6.45, 7) is 18.2. The van der Waals surface area contributed by atoms with E-state index in [2.05, 4.69) is 11.6 Å². The van der Waals surface area contributed by atoms with Crippen molar-refractivity contribution in [2.75, 3.05) is 0 Å². The van der Waals surface area contributed by atoms with Gasteiger partial charge in [-0.3, -0.25) is 19.4 Å². The van der Waals surface area contributed by atoms with Gasteiger partial charge in [-0.1, -0.05) is 45.6 Å². The van der Waals surface area contributed by atoms with E-state index in [0.29, 0.717) is 0 Å². The molecule has 9 atom stereocenters. The molecule has 1 saturated carbocycles. The zero-order chi connectivity index (χ0) is 40.9. The summed E-state index contributed by atoms with van der Waals surface area (Å²) < 4.78 is 29.7. The number of aliphatic hydroxyl groups is 2. The number of carbonyl (C=O) groups excluding carboxylic acids is 6. The number of ketones is 1. The van der Waals surface area contributed by atoms with E-state index in [9.17, 15) is 39.0 Å². The number of hydrogen-bond donors (Lipinski definition) is 2. The zero-order valence-corrected chi connectivity index (χ0v) is 32.4. The van der Waals surface area contributed by atoms with Crippen LogP contribution in [-0.4, -0.2) is 92.5 Å². The molecular weight excluding hydrogens is 702 g/mol. The van der Waals surface area contributed by atoms with E-state index >= 15 is 0 Å². The number of aromatic nitrogens is 1. The van der Waals surface area contributed by atoms with Gasteiger partial charge in [-0.2, -0.15) is 0 Å². The molecule has 1 aromatic rings. The monoisotopic (exact) mass is 753 g/mol. The number of fused-ring (bicyclic) bond motifs is 1. The number of ether oxygens (including phenoxy) is 5. The van der Waals surface area contributed by atoms with Gasteiger partial charge in [0.15, 0.2) is 24.1 Å². The average molecular weight is 754 g/mol. The lowest BCUT2D eigenvalue weighted by Gasteiger charge is -2.44. The second-order valence-electron chi connectivity index (χ2n) is 14.6. The van der Waals surface area contributed by atoms with E-state index in [0.717, 1.165) is 26.8 Å². The van der Waals surface area contributed by atoms with Gasteiger partial charge in [-0.05, 0) is 65.2 Å². The predicted octanol–water partition coefficient (Wildman–Crippen LogP) is 4.09. The number of Topliss-reactive ketones (excluding diaryl/α,β-unsaturated/α-hetero) is 1. The Morgan fingerprint density at radius 1 is 0.833 bits per heavy atom. The third kappa shape index (κ3) is 9.40. The summed E-state index contributed by atoms with van der Waals surface area (Å²) in [6.07, 6.45) is -0.676. The van der Waals surface area contributed by atoms with Gasteiger partial charge in [-0.25, -0.2) is 14.4 Å². The van der Waals surface area contributed by atoms with Crippen molar-refractivity contribution >= 4 is 35.6 Å². The van der Waals surface area contributed by atoms with Crippen LogP contribution < -0.4 is 0 Å². The standard InChI is InChI=1S/C40H51NO13/c1-12-21(3)34(44)52-31-24(6)30(51-26(8)43)28-29(50-25(7)42)23(5)19-40(28,49)37(47)39(11,48)17-16-38(9,10)33(32(31)53-35(45)22(4)13-2)54-36(46)27-15-14-18-41-20-27/h12-18,20,23,28-33,48-49H,6,19H2,1-5,7-11H3. The molecule has 1 aromatic heterocycles. The molecule has 9 unspecified atom stereocenters. The zero-order valence-electron chi connectivity index (χ0n) is 32.4. The van der Waals surface area contributed by atoms with Crippen LogP contribution in [0, 0.1) is 17.3 Å². The SMILES string of the molecule is C=C1C(OC(=O)C(C)=CC)C(OC(=O)C(C)=CC)C(OC(=O)c2cccnc2)C(C)(C)C=CC(C)(O)C(=O)C2(O)CC(C)C(OC(C)=O)C2C1OC(C)=O. The number of allylic oxidation sites excluding steroid dienone is 2. The Kier molecular flexibility index (Phi) is 13.7. The molecular formula is C40H51NO13. The van der Waals surface area contributed by atoms with Crippen molar-refractivity contribution in [2.45, 2.75) is 117 Å². The minimum Gasteiger partial charge on any atom is -0.462 e. The topological polar surface area (TPSA) is 202 Å². The maximum atomic E-state index is 14.4. The van der Waals surface area contributed by atoms with Gasteiger partial charge in [0.25, 0.3) is 0 Å². The molecule has 0 saturated heterocycles. The maximum absolute atomic E-state index is 14.4. The van der Waals surface area contributed by atoms with E-state index in [4.69, 9.17) is 23.7 Å². The highest BCUT2D eigenvalue weighted by Gasteiger charge is 2.65. The van der Waals surface area contributed by atoms with Crippen molar-refractivity contribution in [1.29, 1.82) is 0 Å². The highest BCUT2D eigenvalue weighted by Crippen LogP contribution is 2.49. The lowest BCUT2D eigenvalue weighted by atomic mass is 9.71. The average Bonchev–Trinajstić information content (AvgIpc) is 3.36. The van der Waals surface area contributed by atoms with Crippen LogP contribution in [0.2, 0.25) is 0 Å². The molecule has 14 heteroatoms. The van der Waals surface area contributed by atoms with Crippen molar-refractivity contribution < 1.29 is 62.7 Å². The van der Waals surface area contributed by atoms with Gasteiger partial charge in [-0.15, -0.1) is 0 Å². The Bertz CT molecular complexity index is 1740. The van der Waals surface area contributed by atoms with Gasteiger partial charge in [0.1, 0.15) is 23.4 Å². The highest BCUT2D eigenvalue weighted by atomic mass is 16.6. The van der Waals surface area contributed by atoms with E-state index in [-0.39, 0.29) is 28.7 Å². The van der Waals surface area contributed by atoms with Crippen LogP contribution in [0.25, 0.3) is 0 Å². The van der Waals surface area contributed by atoms with Crippen molar-refractivity contribution in [3.8, 4) is 0 Å². The third-order valence-corrected chi connectivity index (χ3v) is 9.89. The summed E-state index contributed by atoms with van der Waals surface area (Å²) >= 11 is 0.